The van der Waals surface area contributed by atoms with Gasteiger partial charge in [-0.05, 0) is 48.5 Å². The Morgan fingerprint density at radius 2 is 1.73 bits per heavy atom. The standard InChI is InChI=1S/C22H19FN4O2S/c1-15(16-9-4-2-5-10-16)27-20(18-13-8-14-29-18)25-26-22(27)30-19(23)21(28)24-17-11-6-3-7-12-17/h2-15,19H,1H3,(H,24,28). The van der Waals surface area contributed by atoms with Gasteiger partial charge in [0, 0.05) is 5.69 Å². The lowest BCUT2D eigenvalue weighted by Gasteiger charge is -2.18. The number of carbonyl (C=O) groups excluding carboxylic acids is 1. The van der Waals surface area contributed by atoms with Crippen LogP contribution in [-0.2, 0) is 4.79 Å². The van der Waals surface area contributed by atoms with Crippen LogP contribution >= 0.6 is 11.8 Å². The molecule has 1 N–H and O–H groups in total. The monoisotopic (exact) mass is 422 g/mol. The summed E-state index contributed by atoms with van der Waals surface area (Å²) in [6.45, 7) is 1.96. The van der Waals surface area contributed by atoms with Gasteiger partial charge >= 0.3 is 0 Å². The van der Waals surface area contributed by atoms with Crippen LogP contribution in [0.4, 0.5) is 10.1 Å². The normalized spacial score (nSPS) is 13.0. The van der Waals surface area contributed by atoms with E-state index in [1.165, 1.54) is 0 Å². The van der Waals surface area contributed by atoms with E-state index in [0.717, 1.165) is 5.56 Å². The van der Waals surface area contributed by atoms with Crippen LogP contribution in [0.2, 0.25) is 0 Å². The first-order chi connectivity index (χ1) is 14.6. The van der Waals surface area contributed by atoms with Gasteiger partial charge in [-0.1, -0.05) is 48.5 Å². The second-order valence-corrected chi connectivity index (χ2v) is 7.54. The number of benzene rings is 2. The van der Waals surface area contributed by atoms with Crippen molar-refractivity contribution in [3.05, 3.63) is 84.6 Å². The Hall–Kier alpha value is -3.39. The molecule has 152 valence electrons. The number of para-hydroxylation sites is 1. The predicted molar refractivity (Wildman–Crippen MR) is 114 cm³/mol. The largest absolute Gasteiger partial charge is 0.461 e. The predicted octanol–water partition coefficient (Wildman–Crippen LogP) is 5.17. The minimum Gasteiger partial charge on any atom is -0.461 e. The number of alkyl halides is 1. The van der Waals surface area contributed by atoms with Crippen LogP contribution in [0.25, 0.3) is 11.6 Å². The lowest BCUT2D eigenvalue weighted by atomic mass is 10.1. The average Bonchev–Trinajstić information content (AvgIpc) is 3.44. The highest BCUT2D eigenvalue weighted by Crippen LogP contribution is 2.33. The molecule has 0 fully saturated rings. The van der Waals surface area contributed by atoms with Gasteiger partial charge in [0.1, 0.15) is 0 Å². The van der Waals surface area contributed by atoms with Crippen molar-refractivity contribution in [2.24, 2.45) is 0 Å². The van der Waals surface area contributed by atoms with Crippen molar-refractivity contribution < 1.29 is 13.6 Å². The maximum Gasteiger partial charge on any atom is 0.269 e. The Morgan fingerprint density at radius 1 is 1.03 bits per heavy atom. The minimum absolute atomic E-state index is 0.201. The zero-order chi connectivity index (χ0) is 20.9. The number of carbonyl (C=O) groups is 1. The molecule has 0 aliphatic rings. The molecule has 0 saturated heterocycles. The number of nitrogens with one attached hydrogen (secondary N) is 1. The smallest absolute Gasteiger partial charge is 0.269 e. The lowest BCUT2D eigenvalue weighted by Crippen LogP contribution is -2.22. The third kappa shape index (κ3) is 4.28. The van der Waals surface area contributed by atoms with Gasteiger partial charge in [-0.2, -0.15) is 0 Å². The second kappa shape index (κ2) is 8.96. The van der Waals surface area contributed by atoms with E-state index in [0.29, 0.717) is 29.0 Å². The molecule has 0 aliphatic heterocycles. The van der Waals surface area contributed by atoms with Gasteiger partial charge in [-0.25, -0.2) is 4.39 Å². The number of furan rings is 1. The van der Waals surface area contributed by atoms with Crippen molar-refractivity contribution in [1.82, 2.24) is 14.8 Å². The van der Waals surface area contributed by atoms with Gasteiger partial charge in [0.2, 0.25) is 11.3 Å². The molecule has 2 aromatic carbocycles. The fraction of sp³-hybridized carbons (Fsp3) is 0.136. The van der Waals surface area contributed by atoms with Crippen LogP contribution in [0.15, 0.2) is 88.6 Å². The Kier molecular flexibility index (Phi) is 5.94. The molecule has 2 unspecified atom stereocenters. The Morgan fingerprint density at radius 3 is 2.40 bits per heavy atom. The van der Waals surface area contributed by atoms with Crippen molar-refractivity contribution in [2.75, 3.05) is 5.32 Å². The molecule has 2 atom stereocenters. The van der Waals surface area contributed by atoms with Gasteiger partial charge in [0.25, 0.3) is 5.91 Å². The third-order valence-electron chi connectivity index (χ3n) is 4.53. The quantitative estimate of drug-likeness (QED) is 0.416. The average molecular weight is 422 g/mol. The molecule has 0 spiro atoms. The summed E-state index contributed by atoms with van der Waals surface area (Å²) in [4.78, 5) is 12.3. The van der Waals surface area contributed by atoms with E-state index in [1.54, 1.807) is 47.2 Å². The first kappa shape index (κ1) is 19.9. The number of hydrogen-bond donors (Lipinski definition) is 1. The fourth-order valence-corrected chi connectivity index (χ4v) is 3.82. The summed E-state index contributed by atoms with van der Waals surface area (Å²) in [5, 5.41) is 11.2. The molecule has 4 rings (SSSR count). The lowest BCUT2D eigenvalue weighted by molar-refractivity contribution is -0.118. The third-order valence-corrected chi connectivity index (χ3v) is 5.44. The van der Waals surface area contributed by atoms with Gasteiger partial charge < -0.3 is 9.73 Å². The zero-order valence-corrected chi connectivity index (χ0v) is 16.9. The number of anilines is 1. The van der Waals surface area contributed by atoms with Gasteiger partial charge in [-0.15, -0.1) is 10.2 Å². The second-order valence-electron chi connectivity index (χ2n) is 6.53. The number of thioether (sulfide) groups is 1. The molecule has 0 radical (unpaired) electrons. The summed E-state index contributed by atoms with van der Waals surface area (Å²) in [5.74, 6) is 0.225. The molecule has 0 bridgehead atoms. The van der Waals surface area contributed by atoms with E-state index in [2.05, 4.69) is 15.5 Å². The first-order valence-corrected chi connectivity index (χ1v) is 10.2. The summed E-state index contributed by atoms with van der Waals surface area (Å²) in [7, 11) is 0. The highest BCUT2D eigenvalue weighted by atomic mass is 32.2. The van der Waals surface area contributed by atoms with Gasteiger partial charge in [0.05, 0.1) is 12.3 Å². The molecule has 0 aliphatic carbocycles. The highest BCUT2D eigenvalue weighted by Gasteiger charge is 2.27. The summed E-state index contributed by atoms with van der Waals surface area (Å²) >= 11 is 0.708. The van der Waals surface area contributed by atoms with Crippen molar-refractivity contribution in [1.29, 1.82) is 0 Å². The van der Waals surface area contributed by atoms with Crippen LogP contribution in [-0.4, -0.2) is 26.2 Å². The van der Waals surface area contributed by atoms with Crippen molar-refractivity contribution >= 4 is 23.4 Å². The number of nitrogens with zero attached hydrogens (tertiary/aromatic N) is 3. The van der Waals surface area contributed by atoms with Crippen LogP contribution in [0.3, 0.4) is 0 Å². The van der Waals surface area contributed by atoms with E-state index in [4.69, 9.17) is 4.42 Å². The molecule has 2 heterocycles. The molecule has 0 saturated carbocycles. The number of aromatic nitrogens is 3. The summed E-state index contributed by atoms with van der Waals surface area (Å²) in [6, 6.07) is 21.8. The summed E-state index contributed by atoms with van der Waals surface area (Å²) < 4.78 is 22.1. The van der Waals surface area contributed by atoms with E-state index in [9.17, 15) is 9.18 Å². The van der Waals surface area contributed by atoms with E-state index >= 15 is 0 Å². The van der Waals surface area contributed by atoms with E-state index in [1.807, 2.05) is 43.3 Å². The Bertz CT molecular complexity index is 1100. The van der Waals surface area contributed by atoms with Crippen LogP contribution in [0.1, 0.15) is 18.5 Å². The van der Waals surface area contributed by atoms with Gasteiger partial charge in [-0.3, -0.25) is 9.36 Å². The van der Waals surface area contributed by atoms with E-state index in [-0.39, 0.29) is 11.2 Å². The van der Waals surface area contributed by atoms with Crippen LogP contribution < -0.4 is 5.32 Å². The maximum absolute atomic E-state index is 14.8. The maximum atomic E-state index is 14.8. The minimum atomic E-state index is -1.86. The Balaban J connectivity index is 1.62. The number of amides is 1. The molecular weight excluding hydrogens is 403 g/mol. The zero-order valence-electron chi connectivity index (χ0n) is 16.1. The van der Waals surface area contributed by atoms with E-state index < -0.39 is 11.4 Å². The molecule has 6 nitrogen and oxygen atoms in total. The van der Waals surface area contributed by atoms with Crippen molar-refractivity contribution in [3.63, 3.8) is 0 Å². The summed E-state index contributed by atoms with van der Waals surface area (Å²) in [5.41, 5.74) is -0.335. The molecular formula is C22H19FN4O2S. The van der Waals surface area contributed by atoms with Crippen molar-refractivity contribution in [2.45, 2.75) is 23.6 Å². The number of hydrogen-bond acceptors (Lipinski definition) is 5. The molecule has 30 heavy (non-hydrogen) atoms. The highest BCUT2D eigenvalue weighted by molar-refractivity contribution is 8.00. The number of halogens is 1. The number of rotatable bonds is 7. The van der Waals surface area contributed by atoms with Crippen molar-refractivity contribution in [3.8, 4) is 11.6 Å². The molecule has 8 heteroatoms. The topological polar surface area (TPSA) is 73.0 Å². The molecule has 2 aromatic heterocycles. The Labute approximate surface area is 177 Å². The van der Waals surface area contributed by atoms with Crippen LogP contribution in [0, 0.1) is 0 Å². The van der Waals surface area contributed by atoms with Crippen LogP contribution in [0.5, 0.6) is 0 Å². The molecule has 1 amide bonds. The summed E-state index contributed by atoms with van der Waals surface area (Å²) in [6.07, 6.45) is 1.54. The SMILES string of the molecule is CC(c1ccccc1)n1c(SC(F)C(=O)Nc2ccccc2)nnc1-c1ccco1. The fourth-order valence-electron chi connectivity index (χ4n) is 3.03. The first-order valence-electron chi connectivity index (χ1n) is 9.34. The molecule has 4 aromatic rings. The van der Waals surface area contributed by atoms with Gasteiger partial charge in [0.15, 0.2) is 10.9 Å².